The standard InChI is InChI=1S/C9H6F3NO2/c10-9(11,12)7-2-1-5(8(13)15)3-6(7)4-14/h1-4H,(H2,13,15). The Morgan fingerprint density at radius 1 is 1.33 bits per heavy atom. The number of alkyl halides is 3. The van der Waals surface area contributed by atoms with Crippen LogP contribution in [0.3, 0.4) is 0 Å². The number of hydrogen-bond acceptors (Lipinski definition) is 2. The van der Waals surface area contributed by atoms with Crippen LogP contribution in [0.25, 0.3) is 0 Å². The molecule has 0 spiro atoms. The normalized spacial score (nSPS) is 11.1. The van der Waals surface area contributed by atoms with Gasteiger partial charge in [-0.1, -0.05) is 0 Å². The van der Waals surface area contributed by atoms with Crippen molar-refractivity contribution >= 4 is 12.2 Å². The van der Waals surface area contributed by atoms with Gasteiger partial charge in [0.05, 0.1) is 5.56 Å². The highest BCUT2D eigenvalue weighted by molar-refractivity contribution is 5.95. The molecule has 0 bridgehead atoms. The maximum Gasteiger partial charge on any atom is 0.417 e. The van der Waals surface area contributed by atoms with Gasteiger partial charge in [-0.2, -0.15) is 13.2 Å². The first-order valence-corrected chi connectivity index (χ1v) is 3.82. The van der Waals surface area contributed by atoms with E-state index in [-0.39, 0.29) is 11.8 Å². The van der Waals surface area contributed by atoms with E-state index in [0.29, 0.717) is 6.07 Å². The number of nitrogens with two attached hydrogens (primary N) is 1. The van der Waals surface area contributed by atoms with Crippen LogP contribution in [0.5, 0.6) is 0 Å². The molecule has 0 saturated heterocycles. The molecule has 0 aromatic heterocycles. The number of amides is 1. The molecule has 0 aliphatic heterocycles. The molecule has 3 nitrogen and oxygen atoms in total. The number of benzene rings is 1. The zero-order valence-corrected chi connectivity index (χ0v) is 7.34. The summed E-state index contributed by atoms with van der Waals surface area (Å²) in [4.78, 5) is 21.1. The summed E-state index contributed by atoms with van der Waals surface area (Å²) in [5, 5.41) is 0. The maximum atomic E-state index is 12.3. The first kappa shape index (κ1) is 11.2. The van der Waals surface area contributed by atoms with E-state index in [0.717, 1.165) is 12.1 Å². The zero-order chi connectivity index (χ0) is 11.6. The van der Waals surface area contributed by atoms with E-state index in [4.69, 9.17) is 5.73 Å². The lowest BCUT2D eigenvalue weighted by molar-refractivity contribution is -0.137. The van der Waals surface area contributed by atoms with Gasteiger partial charge >= 0.3 is 6.18 Å². The molecule has 0 aliphatic rings. The van der Waals surface area contributed by atoms with Crippen LogP contribution in [0.2, 0.25) is 0 Å². The first-order valence-electron chi connectivity index (χ1n) is 3.82. The van der Waals surface area contributed by atoms with Crippen LogP contribution in [-0.2, 0) is 6.18 Å². The van der Waals surface area contributed by atoms with Crippen LogP contribution in [0.4, 0.5) is 13.2 Å². The minimum atomic E-state index is -4.62. The molecule has 15 heavy (non-hydrogen) atoms. The van der Waals surface area contributed by atoms with Crippen molar-refractivity contribution in [1.82, 2.24) is 0 Å². The molecule has 0 unspecified atom stereocenters. The Hall–Kier alpha value is -1.85. The zero-order valence-electron chi connectivity index (χ0n) is 7.34. The second-order valence-electron chi connectivity index (χ2n) is 2.78. The molecule has 0 fully saturated rings. The number of primary amides is 1. The molecule has 1 amide bonds. The second-order valence-corrected chi connectivity index (χ2v) is 2.78. The molecule has 6 heteroatoms. The van der Waals surface area contributed by atoms with Crippen molar-refractivity contribution in [2.45, 2.75) is 6.18 Å². The molecule has 2 N–H and O–H groups in total. The molecule has 0 radical (unpaired) electrons. The fourth-order valence-electron chi connectivity index (χ4n) is 1.07. The topological polar surface area (TPSA) is 60.2 Å². The van der Waals surface area contributed by atoms with Gasteiger partial charge in [-0.05, 0) is 18.2 Å². The summed E-state index contributed by atoms with van der Waals surface area (Å²) in [6, 6.07) is 2.40. The van der Waals surface area contributed by atoms with Gasteiger partial charge in [0.15, 0.2) is 6.29 Å². The van der Waals surface area contributed by atoms with E-state index in [2.05, 4.69) is 0 Å². The van der Waals surface area contributed by atoms with Gasteiger partial charge in [0, 0.05) is 11.1 Å². The van der Waals surface area contributed by atoms with Gasteiger partial charge in [-0.15, -0.1) is 0 Å². The Kier molecular flexibility index (Phi) is 2.78. The summed E-state index contributed by atoms with van der Waals surface area (Å²) in [6.07, 6.45) is -4.58. The van der Waals surface area contributed by atoms with E-state index < -0.39 is 23.2 Å². The third-order valence-electron chi connectivity index (χ3n) is 1.77. The van der Waals surface area contributed by atoms with Crippen molar-refractivity contribution in [1.29, 1.82) is 0 Å². The van der Waals surface area contributed by atoms with Gasteiger partial charge in [-0.25, -0.2) is 0 Å². The minimum Gasteiger partial charge on any atom is -0.366 e. The SMILES string of the molecule is NC(=O)c1ccc(C(F)(F)F)c(C=O)c1. The number of rotatable bonds is 2. The Balaban J connectivity index is 3.33. The fourth-order valence-corrected chi connectivity index (χ4v) is 1.07. The van der Waals surface area contributed by atoms with Gasteiger partial charge in [0.1, 0.15) is 0 Å². The molecular weight excluding hydrogens is 211 g/mol. The third-order valence-corrected chi connectivity index (χ3v) is 1.77. The summed E-state index contributed by atoms with van der Waals surface area (Å²) in [5.74, 6) is -0.883. The molecule has 80 valence electrons. The average molecular weight is 217 g/mol. The predicted octanol–water partition coefficient (Wildman–Crippen LogP) is 1.62. The van der Waals surface area contributed by atoms with Crippen molar-refractivity contribution in [3.8, 4) is 0 Å². The average Bonchev–Trinajstić information content (AvgIpc) is 2.15. The van der Waals surface area contributed by atoms with E-state index in [1.807, 2.05) is 0 Å². The van der Waals surface area contributed by atoms with Gasteiger partial charge in [0.2, 0.25) is 5.91 Å². The maximum absolute atomic E-state index is 12.3. The smallest absolute Gasteiger partial charge is 0.366 e. The number of carbonyl (C=O) groups is 2. The highest BCUT2D eigenvalue weighted by atomic mass is 19.4. The molecular formula is C9H6F3NO2. The van der Waals surface area contributed by atoms with Crippen molar-refractivity contribution in [2.24, 2.45) is 5.73 Å². The summed E-state index contributed by atoms with van der Waals surface area (Å²) < 4.78 is 36.9. The van der Waals surface area contributed by atoms with E-state index >= 15 is 0 Å². The lowest BCUT2D eigenvalue weighted by Gasteiger charge is -2.09. The van der Waals surface area contributed by atoms with Crippen LogP contribution in [0.1, 0.15) is 26.3 Å². The Morgan fingerprint density at radius 2 is 1.93 bits per heavy atom. The van der Waals surface area contributed by atoms with Crippen molar-refractivity contribution in [3.63, 3.8) is 0 Å². The van der Waals surface area contributed by atoms with Crippen molar-refractivity contribution in [2.75, 3.05) is 0 Å². The Labute approximate surface area is 82.7 Å². The fraction of sp³-hybridized carbons (Fsp3) is 0.111. The van der Waals surface area contributed by atoms with Crippen molar-refractivity contribution in [3.05, 3.63) is 34.9 Å². The summed E-state index contributed by atoms with van der Waals surface area (Å²) >= 11 is 0. The van der Waals surface area contributed by atoms with Crippen LogP contribution >= 0.6 is 0 Å². The highest BCUT2D eigenvalue weighted by Gasteiger charge is 2.33. The molecule has 0 heterocycles. The van der Waals surface area contributed by atoms with Crippen LogP contribution in [0, 0.1) is 0 Å². The van der Waals surface area contributed by atoms with Crippen molar-refractivity contribution < 1.29 is 22.8 Å². The van der Waals surface area contributed by atoms with Crippen LogP contribution in [-0.4, -0.2) is 12.2 Å². The number of hydrogen-bond donors (Lipinski definition) is 1. The summed E-state index contributed by atoms with van der Waals surface area (Å²) in [5.41, 5.74) is 3.05. The summed E-state index contributed by atoms with van der Waals surface area (Å²) in [7, 11) is 0. The molecule has 1 aromatic carbocycles. The Morgan fingerprint density at radius 3 is 2.33 bits per heavy atom. The molecule has 1 rings (SSSR count). The van der Waals surface area contributed by atoms with E-state index in [1.54, 1.807) is 0 Å². The second kappa shape index (κ2) is 3.72. The van der Waals surface area contributed by atoms with Crippen LogP contribution < -0.4 is 5.73 Å². The summed E-state index contributed by atoms with van der Waals surface area (Å²) in [6.45, 7) is 0. The molecule has 0 saturated carbocycles. The lowest BCUT2D eigenvalue weighted by Crippen LogP contribution is -2.14. The van der Waals surface area contributed by atoms with Gasteiger partial charge < -0.3 is 5.73 Å². The van der Waals surface area contributed by atoms with Gasteiger partial charge in [0.25, 0.3) is 0 Å². The monoisotopic (exact) mass is 217 g/mol. The number of aldehydes is 1. The first-order chi connectivity index (χ1) is 6.86. The van der Waals surface area contributed by atoms with E-state index in [9.17, 15) is 22.8 Å². The lowest BCUT2D eigenvalue weighted by atomic mass is 10.0. The molecule has 1 aromatic rings. The van der Waals surface area contributed by atoms with Gasteiger partial charge in [-0.3, -0.25) is 9.59 Å². The molecule has 0 aliphatic carbocycles. The predicted molar refractivity (Wildman–Crippen MR) is 45.3 cm³/mol. The van der Waals surface area contributed by atoms with Crippen LogP contribution in [0.15, 0.2) is 18.2 Å². The highest BCUT2D eigenvalue weighted by Crippen LogP contribution is 2.31. The number of carbonyl (C=O) groups excluding carboxylic acids is 2. The third kappa shape index (κ3) is 2.34. The largest absolute Gasteiger partial charge is 0.417 e. The minimum absolute atomic E-state index is 0.0370. The van der Waals surface area contributed by atoms with E-state index in [1.165, 1.54) is 0 Å². The molecule has 0 atom stereocenters. The number of halogens is 3. The Bertz CT molecular complexity index is 412. The quantitative estimate of drug-likeness (QED) is 0.765.